The third-order valence-electron chi connectivity index (χ3n) is 4.74. The van der Waals surface area contributed by atoms with Gasteiger partial charge in [0, 0.05) is 22.9 Å². The van der Waals surface area contributed by atoms with Gasteiger partial charge in [0.1, 0.15) is 0 Å². The lowest BCUT2D eigenvalue weighted by molar-refractivity contribution is -0.137. The number of ether oxygens (including phenoxy) is 1. The van der Waals surface area contributed by atoms with Gasteiger partial charge < -0.3 is 10.1 Å². The van der Waals surface area contributed by atoms with Crippen molar-refractivity contribution in [2.75, 3.05) is 12.4 Å². The minimum atomic E-state index is -4.52. The Morgan fingerprint density at radius 2 is 1.90 bits per heavy atom. The topological polar surface area (TPSA) is 68.5 Å². The molecule has 158 valence electrons. The molecule has 2 heterocycles. The molecule has 0 spiro atoms. The van der Waals surface area contributed by atoms with Crippen LogP contribution in [0.25, 0.3) is 16.9 Å². The summed E-state index contributed by atoms with van der Waals surface area (Å²) in [6.45, 7) is 1.79. The first-order valence-electron chi connectivity index (χ1n) is 9.24. The van der Waals surface area contributed by atoms with Gasteiger partial charge in [-0.05, 0) is 42.8 Å². The Hall–Kier alpha value is -3.88. The number of nitrogens with zero attached hydrogens (tertiary/aromatic N) is 3. The second-order valence-electron chi connectivity index (χ2n) is 6.87. The molecule has 0 aliphatic rings. The molecule has 0 unspecified atom stereocenters. The number of carbonyl (C=O) groups is 1. The lowest BCUT2D eigenvalue weighted by atomic mass is 10.1. The number of aryl methyl sites for hydroxylation is 1. The van der Waals surface area contributed by atoms with Crippen LogP contribution in [0.2, 0.25) is 0 Å². The zero-order valence-electron chi connectivity index (χ0n) is 16.6. The monoisotopic (exact) mass is 426 g/mol. The minimum Gasteiger partial charge on any atom is -0.480 e. The number of amides is 1. The van der Waals surface area contributed by atoms with E-state index in [4.69, 9.17) is 4.74 Å². The molecular formula is C22H17F3N4O2. The SMILES string of the molecule is COc1ccc2nc(-c3ccc(C)c(NC(=O)c4cccc(C(F)(F)F)c4)c3)cn2n1. The van der Waals surface area contributed by atoms with Crippen molar-refractivity contribution in [3.8, 4) is 17.1 Å². The highest BCUT2D eigenvalue weighted by Gasteiger charge is 2.30. The molecule has 0 atom stereocenters. The fraction of sp³-hybridized carbons (Fsp3) is 0.136. The molecule has 1 amide bonds. The van der Waals surface area contributed by atoms with Crippen LogP contribution in [0.1, 0.15) is 21.5 Å². The van der Waals surface area contributed by atoms with Crippen molar-refractivity contribution in [2.45, 2.75) is 13.1 Å². The highest BCUT2D eigenvalue weighted by Crippen LogP contribution is 2.30. The molecule has 6 nitrogen and oxygen atoms in total. The molecule has 0 bridgehead atoms. The van der Waals surface area contributed by atoms with Crippen LogP contribution in [-0.2, 0) is 6.18 Å². The maximum absolute atomic E-state index is 12.9. The molecule has 0 aliphatic carbocycles. The van der Waals surface area contributed by atoms with Gasteiger partial charge in [0.15, 0.2) is 5.65 Å². The Morgan fingerprint density at radius 3 is 2.65 bits per heavy atom. The van der Waals surface area contributed by atoms with Crippen LogP contribution in [0, 0.1) is 6.92 Å². The molecule has 0 saturated carbocycles. The first-order chi connectivity index (χ1) is 14.7. The van der Waals surface area contributed by atoms with E-state index in [1.54, 1.807) is 41.9 Å². The van der Waals surface area contributed by atoms with Gasteiger partial charge in [-0.3, -0.25) is 4.79 Å². The Labute approximate surface area is 175 Å². The summed E-state index contributed by atoms with van der Waals surface area (Å²) in [4.78, 5) is 17.1. The van der Waals surface area contributed by atoms with E-state index >= 15 is 0 Å². The molecule has 0 radical (unpaired) electrons. The molecule has 31 heavy (non-hydrogen) atoms. The zero-order valence-corrected chi connectivity index (χ0v) is 16.6. The Balaban J connectivity index is 1.63. The van der Waals surface area contributed by atoms with Crippen molar-refractivity contribution in [1.82, 2.24) is 14.6 Å². The standard InChI is InChI=1S/C22H17F3N4O2/c1-13-6-7-14(18-12-29-19(26-18)8-9-20(28-29)31-2)11-17(13)27-21(30)15-4-3-5-16(10-15)22(23,24)25/h3-12H,1-2H3,(H,27,30). The number of carbonyl (C=O) groups excluding carboxylic acids is 1. The van der Waals surface area contributed by atoms with E-state index < -0.39 is 17.6 Å². The van der Waals surface area contributed by atoms with Gasteiger partial charge in [0.05, 0.1) is 24.6 Å². The third-order valence-corrected chi connectivity index (χ3v) is 4.74. The molecule has 2 aromatic heterocycles. The van der Waals surface area contributed by atoms with Gasteiger partial charge in [-0.2, -0.15) is 13.2 Å². The smallest absolute Gasteiger partial charge is 0.416 e. The van der Waals surface area contributed by atoms with E-state index in [9.17, 15) is 18.0 Å². The summed E-state index contributed by atoms with van der Waals surface area (Å²) in [7, 11) is 1.52. The van der Waals surface area contributed by atoms with Gasteiger partial charge in [0.2, 0.25) is 5.88 Å². The largest absolute Gasteiger partial charge is 0.480 e. The molecule has 4 aromatic rings. The van der Waals surface area contributed by atoms with Crippen LogP contribution < -0.4 is 10.1 Å². The van der Waals surface area contributed by atoms with Gasteiger partial charge in [-0.1, -0.05) is 18.2 Å². The number of nitrogens with one attached hydrogen (secondary N) is 1. The lowest BCUT2D eigenvalue weighted by Gasteiger charge is -2.12. The average Bonchev–Trinajstić information content (AvgIpc) is 3.18. The van der Waals surface area contributed by atoms with Crippen LogP contribution in [0.15, 0.2) is 60.8 Å². The highest BCUT2D eigenvalue weighted by molar-refractivity contribution is 6.05. The Bertz CT molecular complexity index is 1280. The second kappa shape index (κ2) is 7.75. The van der Waals surface area contributed by atoms with Gasteiger partial charge in [-0.15, -0.1) is 5.10 Å². The predicted molar refractivity (Wildman–Crippen MR) is 109 cm³/mol. The summed E-state index contributed by atoms with van der Waals surface area (Å²) < 4.78 is 45.5. The van der Waals surface area contributed by atoms with E-state index in [2.05, 4.69) is 15.4 Å². The van der Waals surface area contributed by atoms with Crippen molar-refractivity contribution < 1.29 is 22.7 Å². The molecular weight excluding hydrogens is 409 g/mol. The van der Waals surface area contributed by atoms with E-state index in [1.807, 2.05) is 6.07 Å². The third kappa shape index (κ3) is 4.20. The van der Waals surface area contributed by atoms with Gasteiger partial charge in [0.25, 0.3) is 5.91 Å². The number of hydrogen-bond donors (Lipinski definition) is 1. The molecule has 0 saturated heterocycles. The number of alkyl halides is 3. The van der Waals surface area contributed by atoms with Crippen LogP contribution in [0.4, 0.5) is 18.9 Å². The number of hydrogen-bond acceptors (Lipinski definition) is 4. The summed E-state index contributed by atoms with van der Waals surface area (Å²) in [5.74, 6) is -0.192. The molecule has 9 heteroatoms. The Kier molecular flexibility index (Phi) is 5.10. The normalized spacial score (nSPS) is 11.5. The summed E-state index contributed by atoms with van der Waals surface area (Å²) in [6.07, 6.45) is -2.80. The van der Waals surface area contributed by atoms with E-state index in [0.717, 1.165) is 23.3 Å². The Morgan fingerprint density at radius 1 is 1.10 bits per heavy atom. The number of benzene rings is 2. The highest BCUT2D eigenvalue weighted by atomic mass is 19.4. The number of halogens is 3. The number of anilines is 1. The fourth-order valence-corrected chi connectivity index (χ4v) is 3.06. The number of methoxy groups -OCH3 is 1. The second-order valence-corrected chi connectivity index (χ2v) is 6.87. The number of rotatable bonds is 4. The quantitative estimate of drug-likeness (QED) is 0.500. The van der Waals surface area contributed by atoms with Crippen LogP contribution in [0.3, 0.4) is 0 Å². The minimum absolute atomic E-state index is 0.0800. The molecule has 0 fully saturated rings. The van der Waals surface area contributed by atoms with Crippen molar-refractivity contribution in [1.29, 1.82) is 0 Å². The maximum Gasteiger partial charge on any atom is 0.416 e. The number of imidazole rings is 1. The first-order valence-corrected chi connectivity index (χ1v) is 9.24. The van der Waals surface area contributed by atoms with E-state index in [-0.39, 0.29) is 5.56 Å². The zero-order chi connectivity index (χ0) is 22.2. The first kappa shape index (κ1) is 20.4. The van der Waals surface area contributed by atoms with Crippen molar-refractivity contribution in [2.24, 2.45) is 0 Å². The summed E-state index contributed by atoms with van der Waals surface area (Å²) in [5.41, 5.74) is 2.23. The predicted octanol–water partition coefficient (Wildman–Crippen LogP) is 4.98. The summed E-state index contributed by atoms with van der Waals surface area (Å²) in [5, 5.41) is 6.96. The van der Waals surface area contributed by atoms with E-state index in [1.165, 1.54) is 19.2 Å². The lowest BCUT2D eigenvalue weighted by Crippen LogP contribution is -2.14. The molecule has 0 aliphatic heterocycles. The van der Waals surface area contributed by atoms with Crippen molar-refractivity contribution in [3.05, 3.63) is 77.5 Å². The number of aromatic nitrogens is 3. The number of fused-ring (bicyclic) bond motifs is 1. The molecule has 1 N–H and O–H groups in total. The van der Waals surface area contributed by atoms with Gasteiger partial charge >= 0.3 is 6.18 Å². The van der Waals surface area contributed by atoms with E-state index in [0.29, 0.717) is 22.9 Å². The molecule has 2 aromatic carbocycles. The molecule has 4 rings (SSSR count). The van der Waals surface area contributed by atoms with Crippen molar-refractivity contribution >= 4 is 17.2 Å². The average molecular weight is 426 g/mol. The summed E-state index contributed by atoms with van der Waals surface area (Å²) in [6, 6.07) is 13.1. The van der Waals surface area contributed by atoms with Crippen molar-refractivity contribution in [3.63, 3.8) is 0 Å². The van der Waals surface area contributed by atoms with Crippen LogP contribution in [-0.4, -0.2) is 27.6 Å². The van der Waals surface area contributed by atoms with Crippen LogP contribution in [0.5, 0.6) is 5.88 Å². The van der Waals surface area contributed by atoms with Gasteiger partial charge in [-0.25, -0.2) is 9.50 Å². The fourth-order valence-electron chi connectivity index (χ4n) is 3.06. The summed E-state index contributed by atoms with van der Waals surface area (Å²) >= 11 is 0. The maximum atomic E-state index is 12.9. The van der Waals surface area contributed by atoms with Crippen LogP contribution >= 0.6 is 0 Å².